The molecule has 0 spiro atoms. The molecule has 2 fully saturated rings. The van der Waals surface area contributed by atoms with Crippen LogP contribution in [0.1, 0.15) is 32.6 Å². The van der Waals surface area contributed by atoms with Crippen molar-refractivity contribution in [3.63, 3.8) is 0 Å². The van der Waals surface area contributed by atoms with Crippen LogP contribution in [0.4, 0.5) is 0 Å². The average Bonchev–Trinajstić information content (AvgIpc) is 2.40. The van der Waals surface area contributed by atoms with Crippen LogP contribution in [0.25, 0.3) is 0 Å². The summed E-state index contributed by atoms with van der Waals surface area (Å²) in [5.41, 5.74) is -0.0318. The van der Waals surface area contributed by atoms with Crippen molar-refractivity contribution in [1.29, 1.82) is 0 Å². The summed E-state index contributed by atoms with van der Waals surface area (Å²) in [5, 5.41) is 13.2. The zero-order chi connectivity index (χ0) is 12.1. The number of nitrogens with zero attached hydrogens (tertiary/aromatic N) is 1. The Morgan fingerprint density at radius 3 is 2.82 bits per heavy atom. The number of aliphatic hydroxyl groups is 1. The maximum Gasteiger partial charge on any atom is 0.0613 e. The molecule has 4 heteroatoms. The molecule has 100 valence electrons. The highest BCUT2D eigenvalue weighted by Gasteiger charge is 2.37. The Hall–Kier alpha value is -0.160. The molecule has 0 amide bonds. The van der Waals surface area contributed by atoms with Crippen LogP contribution in [-0.4, -0.2) is 61.0 Å². The van der Waals surface area contributed by atoms with E-state index in [0.717, 1.165) is 45.7 Å². The van der Waals surface area contributed by atoms with Crippen molar-refractivity contribution in [3.05, 3.63) is 0 Å². The van der Waals surface area contributed by atoms with E-state index in [4.69, 9.17) is 4.74 Å². The molecule has 2 N–H and O–H groups in total. The topological polar surface area (TPSA) is 44.7 Å². The van der Waals surface area contributed by atoms with E-state index in [-0.39, 0.29) is 12.1 Å². The lowest BCUT2D eigenvalue weighted by Gasteiger charge is -2.45. The first-order valence-corrected chi connectivity index (χ1v) is 6.97. The Bertz CT molecular complexity index is 227. The van der Waals surface area contributed by atoms with Gasteiger partial charge in [0, 0.05) is 24.7 Å². The average molecular weight is 242 g/mol. The molecule has 2 aliphatic rings. The van der Waals surface area contributed by atoms with Crippen molar-refractivity contribution in [2.24, 2.45) is 0 Å². The maximum atomic E-state index is 9.68. The Kier molecular flexibility index (Phi) is 4.79. The highest BCUT2D eigenvalue weighted by molar-refractivity contribution is 4.96. The first-order chi connectivity index (χ1) is 8.29. The minimum absolute atomic E-state index is 0.0318. The van der Waals surface area contributed by atoms with E-state index in [1.807, 2.05) is 0 Å². The van der Waals surface area contributed by atoms with Gasteiger partial charge in [-0.3, -0.25) is 4.90 Å². The van der Waals surface area contributed by atoms with Gasteiger partial charge in [0.1, 0.15) is 0 Å². The lowest BCUT2D eigenvalue weighted by atomic mass is 9.78. The summed E-state index contributed by atoms with van der Waals surface area (Å²) in [6.45, 7) is 7.16. The fourth-order valence-corrected chi connectivity index (χ4v) is 3.32. The fraction of sp³-hybridized carbons (Fsp3) is 1.00. The van der Waals surface area contributed by atoms with Crippen LogP contribution in [0, 0.1) is 0 Å². The second-order valence-electron chi connectivity index (χ2n) is 5.37. The highest BCUT2D eigenvalue weighted by atomic mass is 16.5. The van der Waals surface area contributed by atoms with E-state index in [1.165, 1.54) is 12.8 Å². The Morgan fingerprint density at radius 2 is 2.18 bits per heavy atom. The van der Waals surface area contributed by atoms with Gasteiger partial charge >= 0.3 is 0 Å². The Morgan fingerprint density at radius 1 is 1.41 bits per heavy atom. The summed E-state index contributed by atoms with van der Waals surface area (Å²) in [7, 11) is 0. The lowest BCUT2D eigenvalue weighted by Crippen LogP contribution is -2.57. The van der Waals surface area contributed by atoms with Gasteiger partial charge in [-0.25, -0.2) is 0 Å². The van der Waals surface area contributed by atoms with Crippen LogP contribution in [0.3, 0.4) is 0 Å². The molecule has 2 atom stereocenters. The van der Waals surface area contributed by atoms with Crippen LogP contribution >= 0.6 is 0 Å². The van der Waals surface area contributed by atoms with Crippen LogP contribution in [-0.2, 0) is 4.74 Å². The zero-order valence-corrected chi connectivity index (χ0v) is 11.0. The minimum atomic E-state index is -0.0318. The molecule has 1 saturated heterocycles. The Balaban J connectivity index is 1.94. The molecule has 1 aliphatic heterocycles. The number of rotatable bonds is 4. The fourth-order valence-electron chi connectivity index (χ4n) is 3.32. The molecule has 17 heavy (non-hydrogen) atoms. The van der Waals surface area contributed by atoms with Crippen molar-refractivity contribution in [2.75, 3.05) is 39.5 Å². The molecular formula is C13H26N2O2. The SMILES string of the molecule is CCNC1(CO)CCCC(N2CCOCC2)C1. The quantitative estimate of drug-likeness (QED) is 0.758. The molecule has 0 aromatic rings. The summed E-state index contributed by atoms with van der Waals surface area (Å²) in [5.74, 6) is 0. The molecule has 2 rings (SSSR count). The van der Waals surface area contributed by atoms with Crippen LogP contribution < -0.4 is 5.32 Å². The van der Waals surface area contributed by atoms with Gasteiger partial charge in [-0.2, -0.15) is 0 Å². The Labute approximate surface area is 104 Å². The zero-order valence-electron chi connectivity index (χ0n) is 11.0. The summed E-state index contributed by atoms with van der Waals surface area (Å²) in [6, 6.07) is 0.624. The number of hydrogen-bond donors (Lipinski definition) is 2. The second-order valence-corrected chi connectivity index (χ2v) is 5.37. The molecule has 1 saturated carbocycles. The monoisotopic (exact) mass is 242 g/mol. The molecular weight excluding hydrogens is 216 g/mol. The third kappa shape index (κ3) is 3.19. The third-order valence-electron chi connectivity index (χ3n) is 4.24. The van der Waals surface area contributed by atoms with E-state index in [2.05, 4.69) is 17.1 Å². The van der Waals surface area contributed by atoms with E-state index in [9.17, 15) is 5.11 Å². The largest absolute Gasteiger partial charge is 0.394 e. The predicted octanol–water partition coefficient (Wildman–Crippen LogP) is 0.602. The summed E-state index contributed by atoms with van der Waals surface area (Å²) >= 11 is 0. The van der Waals surface area contributed by atoms with Gasteiger partial charge in [0.25, 0.3) is 0 Å². The smallest absolute Gasteiger partial charge is 0.0613 e. The molecule has 0 bridgehead atoms. The van der Waals surface area contributed by atoms with Crippen LogP contribution in [0.5, 0.6) is 0 Å². The maximum absolute atomic E-state index is 9.68. The van der Waals surface area contributed by atoms with Gasteiger partial charge in [-0.1, -0.05) is 6.92 Å². The van der Waals surface area contributed by atoms with Gasteiger partial charge < -0.3 is 15.2 Å². The summed E-state index contributed by atoms with van der Waals surface area (Å²) < 4.78 is 5.41. The van der Waals surface area contributed by atoms with Crippen molar-refractivity contribution in [2.45, 2.75) is 44.2 Å². The first kappa shape index (κ1) is 13.3. The molecule has 0 aromatic carbocycles. The van der Waals surface area contributed by atoms with Crippen LogP contribution in [0.2, 0.25) is 0 Å². The van der Waals surface area contributed by atoms with E-state index in [1.54, 1.807) is 0 Å². The van der Waals surface area contributed by atoms with Gasteiger partial charge in [-0.05, 0) is 32.2 Å². The normalized spacial score (nSPS) is 36.0. The molecule has 1 aliphatic carbocycles. The predicted molar refractivity (Wildman–Crippen MR) is 68.1 cm³/mol. The summed E-state index contributed by atoms with van der Waals surface area (Å²) in [4.78, 5) is 2.55. The molecule has 1 heterocycles. The molecule has 0 aromatic heterocycles. The number of nitrogens with one attached hydrogen (secondary N) is 1. The molecule has 0 radical (unpaired) electrons. The first-order valence-electron chi connectivity index (χ1n) is 6.97. The molecule has 2 unspecified atom stereocenters. The molecule has 4 nitrogen and oxygen atoms in total. The third-order valence-corrected chi connectivity index (χ3v) is 4.24. The lowest BCUT2D eigenvalue weighted by molar-refractivity contribution is -0.0100. The van der Waals surface area contributed by atoms with E-state index >= 15 is 0 Å². The van der Waals surface area contributed by atoms with Crippen molar-refractivity contribution < 1.29 is 9.84 Å². The van der Waals surface area contributed by atoms with E-state index in [0.29, 0.717) is 6.04 Å². The number of hydrogen-bond acceptors (Lipinski definition) is 4. The number of morpholine rings is 1. The summed E-state index contributed by atoms with van der Waals surface area (Å²) in [6.07, 6.45) is 4.68. The standard InChI is InChI=1S/C13H26N2O2/c1-2-14-13(11-16)5-3-4-12(10-13)15-6-8-17-9-7-15/h12,14,16H,2-11H2,1H3. The van der Waals surface area contributed by atoms with Gasteiger partial charge in [0.2, 0.25) is 0 Å². The van der Waals surface area contributed by atoms with Crippen molar-refractivity contribution in [3.8, 4) is 0 Å². The van der Waals surface area contributed by atoms with Crippen molar-refractivity contribution in [1.82, 2.24) is 10.2 Å². The number of aliphatic hydroxyl groups excluding tert-OH is 1. The van der Waals surface area contributed by atoms with Gasteiger partial charge in [0.05, 0.1) is 19.8 Å². The number of likely N-dealkylation sites (N-methyl/N-ethyl adjacent to an activating group) is 1. The number of ether oxygens (including phenoxy) is 1. The van der Waals surface area contributed by atoms with E-state index < -0.39 is 0 Å². The van der Waals surface area contributed by atoms with Crippen molar-refractivity contribution >= 4 is 0 Å². The second kappa shape index (κ2) is 6.14. The van der Waals surface area contributed by atoms with Gasteiger partial charge in [-0.15, -0.1) is 0 Å². The van der Waals surface area contributed by atoms with Gasteiger partial charge in [0.15, 0.2) is 0 Å². The highest BCUT2D eigenvalue weighted by Crippen LogP contribution is 2.31. The van der Waals surface area contributed by atoms with Crippen LogP contribution in [0.15, 0.2) is 0 Å². The minimum Gasteiger partial charge on any atom is -0.394 e.